The fraction of sp³-hybridized carbons (Fsp3) is 0.346. The Balaban J connectivity index is 1.21. The first-order valence-electron chi connectivity index (χ1n) is 11.8. The highest BCUT2D eigenvalue weighted by Crippen LogP contribution is 2.39. The summed E-state index contributed by atoms with van der Waals surface area (Å²) in [6.45, 7) is 2.83. The van der Waals surface area contributed by atoms with Crippen LogP contribution >= 0.6 is 0 Å². The summed E-state index contributed by atoms with van der Waals surface area (Å²) in [5.41, 5.74) is 0.195. The van der Waals surface area contributed by atoms with Gasteiger partial charge in [0.25, 0.3) is 5.91 Å². The van der Waals surface area contributed by atoms with Crippen LogP contribution in [0.4, 0.5) is 4.79 Å². The molecule has 2 aromatic carbocycles. The normalized spacial score (nSPS) is 23.7. The number of imide groups is 1. The molecule has 0 spiro atoms. The number of nitrogens with one attached hydrogen (secondary N) is 1. The summed E-state index contributed by atoms with van der Waals surface area (Å²) in [6.07, 6.45) is 1.63. The smallest absolute Gasteiger partial charge is 0.325 e. The Labute approximate surface area is 201 Å². The Hall–Kier alpha value is -4.01. The molecule has 180 valence electrons. The van der Waals surface area contributed by atoms with Crippen molar-refractivity contribution >= 4 is 28.8 Å². The summed E-state index contributed by atoms with van der Waals surface area (Å²) >= 11 is 0. The molecule has 2 atom stereocenters. The van der Waals surface area contributed by atoms with E-state index in [1.807, 2.05) is 36.4 Å². The van der Waals surface area contributed by atoms with Crippen molar-refractivity contribution in [3.8, 4) is 11.5 Å². The molecule has 2 fully saturated rings. The van der Waals surface area contributed by atoms with Gasteiger partial charge in [0.2, 0.25) is 5.91 Å². The molecule has 4 amide bonds. The van der Waals surface area contributed by atoms with E-state index in [2.05, 4.69) is 5.32 Å². The maximum Gasteiger partial charge on any atom is 0.325 e. The molecule has 3 aromatic rings. The number of urea groups is 1. The van der Waals surface area contributed by atoms with E-state index >= 15 is 0 Å². The minimum absolute atomic E-state index is 0.152. The summed E-state index contributed by atoms with van der Waals surface area (Å²) in [6, 6.07) is 14.1. The van der Waals surface area contributed by atoms with E-state index in [1.165, 1.54) is 0 Å². The molecule has 3 aliphatic heterocycles. The number of carbonyl (C=O) groups excluding carboxylic acids is 3. The van der Waals surface area contributed by atoms with Crippen molar-refractivity contribution in [3.63, 3.8) is 0 Å². The molecule has 0 saturated carbocycles. The molecular formula is C26H25N3O6. The number of amides is 4. The maximum atomic E-state index is 13.4. The molecule has 9 heteroatoms. The van der Waals surface area contributed by atoms with E-state index in [9.17, 15) is 14.4 Å². The zero-order valence-electron chi connectivity index (χ0n) is 19.3. The van der Waals surface area contributed by atoms with Gasteiger partial charge in [-0.05, 0) is 49.6 Å². The first-order valence-corrected chi connectivity index (χ1v) is 11.8. The Kier molecular flexibility index (Phi) is 4.94. The Morgan fingerprint density at radius 3 is 2.71 bits per heavy atom. The fourth-order valence-corrected chi connectivity index (χ4v) is 5.14. The third kappa shape index (κ3) is 3.50. The topological polar surface area (TPSA) is 101 Å². The van der Waals surface area contributed by atoms with E-state index in [1.54, 1.807) is 24.0 Å². The highest BCUT2D eigenvalue weighted by molar-refractivity contribution is 6.09. The van der Waals surface area contributed by atoms with Gasteiger partial charge in [0.05, 0.1) is 6.04 Å². The van der Waals surface area contributed by atoms with Crippen LogP contribution in [-0.4, -0.2) is 53.9 Å². The molecule has 35 heavy (non-hydrogen) atoms. The number of rotatable bonds is 4. The lowest BCUT2D eigenvalue weighted by Crippen LogP contribution is -2.44. The second kappa shape index (κ2) is 8.04. The quantitative estimate of drug-likeness (QED) is 0.581. The SMILES string of the molecule is CC1(c2cc3ccccc3o2)NC(=O)N(CC(=O)N2CCCC2c2ccc3c(c2)OCCO3)C1=O. The molecule has 9 nitrogen and oxygen atoms in total. The summed E-state index contributed by atoms with van der Waals surface area (Å²) in [4.78, 5) is 42.2. The zero-order valence-corrected chi connectivity index (χ0v) is 19.3. The third-order valence-electron chi connectivity index (χ3n) is 7.01. The van der Waals surface area contributed by atoms with E-state index in [0.29, 0.717) is 42.6 Å². The molecule has 0 aliphatic carbocycles. The molecule has 6 rings (SSSR count). The fourth-order valence-electron chi connectivity index (χ4n) is 5.14. The van der Waals surface area contributed by atoms with Crippen molar-refractivity contribution in [2.75, 3.05) is 26.3 Å². The van der Waals surface area contributed by atoms with Gasteiger partial charge < -0.3 is 24.1 Å². The van der Waals surface area contributed by atoms with Crippen molar-refractivity contribution in [1.82, 2.24) is 15.1 Å². The average Bonchev–Trinajstić information content (AvgIpc) is 3.58. The minimum Gasteiger partial charge on any atom is -0.486 e. The molecule has 4 heterocycles. The number of hydrogen-bond donors (Lipinski definition) is 1. The molecule has 2 saturated heterocycles. The largest absolute Gasteiger partial charge is 0.486 e. The van der Waals surface area contributed by atoms with E-state index in [4.69, 9.17) is 13.9 Å². The van der Waals surface area contributed by atoms with Crippen molar-refractivity contribution < 1.29 is 28.3 Å². The van der Waals surface area contributed by atoms with Crippen LogP contribution in [0.2, 0.25) is 0 Å². The van der Waals surface area contributed by atoms with Crippen molar-refractivity contribution in [3.05, 3.63) is 59.9 Å². The van der Waals surface area contributed by atoms with Crippen LogP contribution in [0.15, 0.2) is 52.9 Å². The lowest BCUT2D eigenvalue weighted by molar-refractivity contribution is -0.139. The number of nitrogens with zero attached hydrogens (tertiary/aromatic N) is 2. The van der Waals surface area contributed by atoms with Gasteiger partial charge in [-0.3, -0.25) is 14.5 Å². The number of likely N-dealkylation sites (tertiary alicyclic amines) is 1. The second-order valence-corrected chi connectivity index (χ2v) is 9.24. The average molecular weight is 476 g/mol. The number of ether oxygens (including phenoxy) is 2. The number of furan rings is 1. The summed E-state index contributed by atoms with van der Waals surface area (Å²) in [5.74, 6) is 0.913. The van der Waals surface area contributed by atoms with E-state index in [0.717, 1.165) is 28.7 Å². The summed E-state index contributed by atoms with van der Waals surface area (Å²) in [5, 5.41) is 3.56. The van der Waals surface area contributed by atoms with E-state index in [-0.39, 0.29) is 18.5 Å². The van der Waals surface area contributed by atoms with Crippen LogP contribution in [0, 0.1) is 0 Å². The number of carbonyl (C=O) groups is 3. The van der Waals surface area contributed by atoms with Gasteiger partial charge in [0.1, 0.15) is 31.1 Å². The predicted octanol–water partition coefficient (Wildman–Crippen LogP) is 3.33. The van der Waals surface area contributed by atoms with Gasteiger partial charge >= 0.3 is 6.03 Å². The number of hydrogen-bond acceptors (Lipinski definition) is 6. The molecule has 2 unspecified atom stereocenters. The predicted molar refractivity (Wildman–Crippen MR) is 125 cm³/mol. The molecular weight excluding hydrogens is 450 g/mol. The minimum atomic E-state index is -1.38. The lowest BCUT2D eigenvalue weighted by atomic mass is 9.99. The molecule has 3 aliphatic rings. The summed E-state index contributed by atoms with van der Waals surface area (Å²) < 4.78 is 17.2. The van der Waals surface area contributed by atoms with Gasteiger partial charge in [0.15, 0.2) is 17.0 Å². The first kappa shape index (κ1) is 21.5. The van der Waals surface area contributed by atoms with Gasteiger partial charge in [-0.1, -0.05) is 24.3 Å². The van der Waals surface area contributed by atoms with Gasteiger partial charge in [-0.15, -0.1) is 0 Å². The number of fused-ring (bicyclic) bond motifs is 2. The highest BCUT2D eigenvalue weighted by atomic mass is 16.6. The molecule has 1 N–H and O–H groups in total. The van der Waals surface area contributed by atoms with Crippen LogP contribution in [0.3, 0.4) is 0 Å². The van der Waals surface area contributed by atoms with Gasteiger partial charge in [-0.2, -0.15) is 0 Å². The van der Waals surface area contributed by atoms with Crippen LogP contribution < -0.4 is 14.8 Å². The lowest BCUT2D eigenvalue weighted by Gasteiger charge is -2.28. The second-order valence-electron chi connectivity index (χ2n) is 9.24. The van der Waals surface area contributed by atoms with Crippen molar-refractivity contribution in [2.24, 2.45) is 0 Å². The monoisotopic (exact) mass is 475 g/mol. The third-order valence-corrected chi connectivity index (χ3v) is 7.01. The summed E-state index contributed by atoms with van der Waals surface area (Å²) in [7, 11) is 0. The van der Waals surface area contributed by atoms with Crippen LogP contribution in [0.25, 0.3) is 11.0 Å². The zero-order chi connectivity index (χ0) is 24.2. The first-order chi connectivity index (χ1) is 16.9. The Bertz CT molecular complexity index is 1320. The van der Waals surface area contributed by atoms with Crippen LogP contribution in [0.5, 0.6) is 11.5 Å². The standard InChI is InChI=1S/C26H25N3O6/c1-26(22-14-17-5-2-3-7-19(17)35-22)24(31)29(25(32)27-26)15-23(30)28-10-4-6-18(28)16-8-9-20-21(13-16)34-12-11-33-20/h2-3,5,7-9,13-14,18H,4,6,10-12,15H2,1H3,(H,27,32). The molecule has 0 bridgehead atoms. The van der Waals surface area contributed by atoms with Crippen LogP contribution in [-0.2, 0) is 15.1 Å². The molecule has 1 aromatic heterocycles. The number of para-hydroxylation sites is 1. The van der Waals surface area contributed by atoms with E-state index < -0.39 is 17.5 Å². The molecule has 0 radical (unpaired) electrons. The van der Waals surface area contributed by atoms with Gasteiger partial charge in [-0.25, -0.2) is 4.79 Å². The Morgan fingerprint density at radius 1 is 1.09 bits per heavy atom. The van der Waals surface area contributed by atoms with Gasteiger partial charge in [0, 0.05) is 11.9 Å². The van der Waals surface area contributed by atoms with Crippen molar-refractivity contribution in [1.29, 1.82) is 0 Å². The van der Waals surface area contributed by atoms with Crippen molar-refractivity contribution in [2.45, 2.75) is 31.3 Å². The maximum absolute atomic E-state index is 13.4. The highest BCUT2D eigenvalue weighted by Gasteiger charge is 2.52. The van der Waals surface area contributed by atoms with Crippen LogP contribution in [0.1, 0.15) is 37.1 Å². The number of benzene rings is 2. The Morgan fingerprint density at radius 2 is 1.89 bits per heavy atom.